The van der Waals surface area contributed by atoms with Crippen LogP contribution in [0.1, 0.15) is 19.8 Å². The van der Waals surface area contributed by atoms with Crippen LogP contribution in [-0.4, -0.2) is 56.0 Å². The summed E-state index contributed by atoms with van der Waals surface area (Å²) in [6, 6.07) is 2.51. The molecule has 9 nitrogen and oxygen atoms in total. The number of anilines is 1. The minimum atomic E-state index is -3.03. The molecule has 3 N–H and O–H groups in total. The summed E-state index contributed by atoms with van der Waals surface area (Å²) in [6.07, 6.45) is 2.06. The van der Waals surface area contributed by atoms with Gasteiger partial charge in [0.05, 0.1) is 18.1 Å². The van der Waals surface area contributed by atoms with Gasteiger partial charge in [-0.15, -0.1) is 0 Å². The van der Waals surface area contributed by atoms with Gasteiger partial charge in [0, 0.05) is 25.2 Å². The van der Waals surface area contributed by atoms with Crippen LogP contribution in [-0.2, 0) is 14.6 Å². The molecule has 0 bridgehead atoms. The average molecular weight is 370 g/mol. The highest BCUT2D eigenvalue weighted by molar-refractivity contribution is 7.91. The van der Waals surface area contributed by atoms with Gasteiger partial charge in [0.2, 0.25) is 11.8 Å². The molecular weight excluding hydrogens is 348 g/mol. The number of aromatic nitrogens is 1. The smallest absolute Gasteiger partial charge is 0.319 e. The molecule has 0 spiro atoms. The fraction of sp³-hybridized carbons (Fsp3) is 0.533. The van der Waals surface area contributed by atoms with Gasteiger partial charge in [-0.3, -0.25) is 4.79 Å². The van der Waals surface area contributed by atoms with E-state index in [1.165, 1.54) is 0 Å². The molecule has 0 unspecified atom stereocenters. The van der Waals surface area contributed by atoms with Gasteiger partial charge >= 0.3 is 6.03 Å². The van der Waals surface area contributed by atoms with E-state index in [2.05, 4.69) is 20.9 Å². The molecule has 1 aliphatic heterocycles. The molecule has 10 heteroatoms. The second-order valence-electron chi connectivity index (χ2n) is 5.59. The number of amides is 3. The molecule has 138 valence electrons. The van der Waals surface area contributed by atoms with Gasteiger partial charge in [-0.2, -0.15) is 0 Å². The Balaban J connectivity index is 1.71. The van der Waals surface area contributed by atoms with Crippen molar-refractivity contribution in [2.24, 2.45) is 0 Å². The fourth-order valence-corrected chi connectivity index (χ4v) is 4.08. The minimum absolute atomic E-state index is 0.0200. The molecule has 0 saturated carbocycles. The second-order valence-corrected chi connectivity index (χ2v) is 7.82. The van der Waals surface area contributed by atoms with Gasteiger partial charge in [0.1, 0.15) is 5.69 Å². The zero-order valence-electron chi connectivity index (χ0n) is 13.9. The molecule has 0 aliphatic carbocycles. The second kappa shape index (κ2) is 8.65. The first kappa shape index (κ1) is 19.0. The van der Waals surface area contributed by atoms with Crippen LogP contribution in [0.4, 0.5) is 10.5 Å². The van der Waals surface area contributed by atoms with Gasteiger partial charge in [0.15, 0.2) is 9.84 Å². The maximum absolute atomic E-state index is 11.9. The molecule has 1 atom stereocenters. The fourth-order valence-electron chi connectivity index (χ4n) is 2.40. The van der Waals surface area contributed by atoms with Crippen LogP contribution in [0.3, 0.4) is 0 Å². The molecule has 0 radical (unpaired) electrons. The summed E-state index contributed by atoms with van der Waals surface area (Å²) in [4.78, 5) is 27.7. The van der Waals surface area contributed by atoms with Gasteiger partial charge in [-0.25, -0.2) is 18.2 Å². The van der Waals surface area contributed by atoms with E-state index in [9.17, 15) is 18.0 Å². The third-order valence-corrected chi connectivity index (χ3v) is 5.30. The van der Waals surface area contributed by atoms with Crippen LogP contribution in [0.5, 0.6) is 5.88 Å². The first-order chi connectivity index (χ1) is 11.9. The molecule has 1 saturated heterocycles. The lowest BCUT2D eigenvalue weighted by molar-refractivity contribution is -0.121. The maximum atomic E-state index is 11.9. The first-order valence-corrected chi connectivity index (χ1v) is 9.84. The Bertz CT molecular complexity index is 722. The van der Waals surface area contributed by atoms with E-state index in [1.54, 1.807) is 18.3 Å². The summed E-state index contributed by atoms with van der Waals surface area (Å²) >= 11 is 0. The highest BCUT2D eigenvalue weighted by Crippen LogP contribution is 2.20. The van der Waals surface area contributed by atoms with E-state index < -0.39 is 15.9 Å². The van der Waals surface area contributed by atoms with Gasteiger partial charge in [-0.1, -0.05) is 0 Å². The Morgan fingerprint density at radius 1 is 1.40 bits per heavy atom. The van der Waals surface area contributed by atoms with E-state index in [0.29, 0.717) is 24.6 Å². The van der Waals surface area contributed by atoms with Crippen LogP contribution < -0.4 is 20.7 Å². The lowest BCUT2D eigenvalue weighted by Crippen LogP contribution is -2.38. The van der Waals surface area contributed by atoms with Crippen LogP contribution in [0.25, 0.3) is 0 Å². The zero-order chi connectivity index (χ0) is 18.3. The molecule has 1 aromatic rings. The molecule has 2 rings (SSSR count). The number of pyridine rings is 1. The topological polar surface area (TPSA) is 126 Å². The molecule has 1 aromatic heterocycles. The van der Waals surface area contributed by atoms with Crippen molar-refractivity contribution in [3.8, 4) is 5.88 Å². The van der Waals surface area contributed by atoms with E-state index in [4.69, 9.17) is 4.74 Å². The Morgan fingerprint density at radius 3 is 2.88 bits per heavy atom. The lowest BCUT2D eigenvalue weighted by Gasteiger charge is -2.12. The average Bonchev–Trinajstić information content (AvgIpc) is 2.88. The number of nitrogens with zero attached hydrogens (tertiary/aromatic N) is 1. The van der Waals surface area contributed by atoms with Crippen LogP contribution in [0.15, 0.2) is 18.3 Å². The molecule has 3 amide bonds. The summed E-state index contributed by atoms with van der Waals surface area (Å²) in [5.74, 6) is 0.110. The summed E-state index contributed by atoms with van der Waals surface area (Å²) in [5, 5.41) is 7.83. The molecule has 1 fully saturated rings. The number of carbonyl (C=O) groups excluding carboxylic acids is 2. The standard InChI is InChI=1S/C15H22N4O5S/c1-2-24-14-12(4-3-7-16-14)19-15(21)17-8-5-13(20)18-11-6-9-25(22,23)10-11/h3-4,7,11H,2,5-6,8-10H2,1H3,(H,18,20)(H2,17,19,21)/t11-/m0/s1. The monoisotopic (exact) mass is 370 g/mol. The van der Waals surface area contributed by atoms with Crippen molar-refractivity contribution in [2.75, 3.05) is 30.0 Å². The van der Waals surface area contributed by atoms with E-state index >= 15 is 0 Å². The van der Waals surface area contributed by atoms with Gasteiger partial charge < -0.3 is 20.7 Å². The molecule has 1 aliphatic rings. The van der Waals surface area contributed by atoms with Crippen molar-refractivity contribution in [1.82, 2.24) is 15.6 Å². The number of urea groups is 1. The van der Waals surface area contributed by atoms with Crippen molar-refractivity contribution in [1.29, 1.82) is 0 Å². The lowest BCUT2D eigenvalue weighted by atomic mass is 10.2. The van der Waals surface area contributed by atoms with E-state index in [1.807, 2.05) is 6.92 Å². The summed E-state index contributed by atoms with van der Waals surface area (Å²) in [6.45, 7) is 2.36. The van der Waals surface area contributed by atoms with Gasteiger partial charge in [0.25, 0.3) is 0 Å². The van der Waals surface area contributed by atoms with Gasteiger partial charge in [-0.05, 0) is 25.5 Å². The van der Waals surface area contributed by atoms with Crippen molar-refractivity contribution < 1.29 is 22.7 Å². The van der Waals surface area contributed by atoms with Crippen molar-refractivity contribution in [3.05, 3.63) is 18.3 Å². The summed E-state index contributed by atoms with van der Waals surface area (Å²) in [5.41, 5.74) is 0.433. The number of hydrogen-bond donors (Lipinski definition) is 3. The number of carbonyl (C=O) groups is 2. The minimum Gasteiger partial charge on any atom is -0.476 e. The SMILES string of the molecule is CCOc1ncccc1NC(=O)NCCC(=O)N[C@H]1CCS(=O)(=O)C1. The summed E-state index contributed by atoms with van der Waals surface area (Å²) < 4.78 is 28.0. The number of hydrogen-bond acceptors (Lipinski definition) is 6. The quantitative estimate of drug-likeness (QED) is 0.633. The molecule has 0 aromatic carbocycles. The predicted octanol–water partition coefficient (Wildman–Crippen LogP) is 0.295. The largest absolute Gasteiger partial charge is 0.476 e. The van der Waals surface area contributed by atoms with E-state index in [0.717, 1.165) is 0 Å². The van der Waals surface area contributed by atoms with Crippen LogP contribution in [0, 0.1) is 0 Å². The Labute approximate surface area is 146 Å². The summed E-state index contributed by atoms with van der Waals surface area (Å²) in [7, 11) is -3.03. The maximum Gasteiger partial charge on any atom is 0.319 e. The van der Waals surface area contributed by atoms with Crippen LogP contribution in [0.2, 0.25) is 0 Å². The third kappa shape index (κ3) is 6.22. The van der Waals surface area contributed by atoms with Crippen molar-refractivity contribution in [2.45, 2.75) is 25.8 Å². The molecule has 25 heavy (non-hydrogen) atoms. The molecule has 2 heterocycles. The Hall–Kier alpha value is -2.36. The number of sulfone groups is 1. The van der Waals surface area contributed by atoms with E-state index in [-0.39, 0.29) is 36.4 Å². The number of ether oxygens (including phenoxy) is 1. The normalized spacial score (nSPS) is 18.4. The third-order valence-electron chi connectivity index (χ3n) is 3.54. The number of nitrogens with one attached hydrogen (secondary N) is 3. The predicted molar refractivity (Wildman–Crippen MR) is 92.2 cm³/mol. The zero-order valence-corrected chi connectivity index (χ0v) is 14.8. The Morgan fingerprint density at radius 2 is 2.20 bits per heavy atom. The van der Waals surface area contributed by atoms with Crippen molar-refractivity contribution in [3.63, 3.8) is 0 Å². The Kier molecular flexibility index (Phi) is 6.57. The van der Waals surface area contributed by atoms with Crippen LogP contribution >= 0.6 is 0 Å². The molecular formula is C15H22N4O5S. The highest BCUT2D eigenvalue weighted by atomic mass is 32.2. The van der Waals surface area contributed by atoms with Crippen molar-refractivity contribution >= 4 is 27.5 Å². The number of rotatable bonds is 7. The highest BCUT2D eigenvalue weighted by Gasteiger charge is 2.28. The first-order valence-electron chi connectivity index (χ1n) is 8.02.